The van der Waals surface area contributed by atoms with E-state index in [4.69, 9.17) is 22.1 Å². The molecule has 0 saturated heterocycles. The molecule has 80 valence electrons. The largest absolute Gasteiger partial charge is 0.357 e. The molecule has 0 spiro atoms. The SMILES string of the molecule is N#CC(C#N)=CNc1c(F)cc(Cl)cc1Br. The second-order valence-corrected chi connectivity index (χ2v) is 3.96. The molecule has 1 aromatic rings. The van der Waals surface area contributed by atoms with Gasteiger partial charge in [-0.15, -0.1) is 0 Å². The zero-order valence-electron chi connectivity index (χ0n) is 7.76. The van der Waals surface area contributed by atoms with Gasteiger partial charge in [-0.3, -0.25) is 0 Å². The van der Waals surface area contributed by atoms with Crippen LogP contribution < -0.4 is 5.32 Å². The van der Waals surface area contributed by atoms with Crippen LogP contribution in [0.4, 0.5) is 10.1 Å². The second-order valence-electron chi connectivity index (χ2n) is 2.67. The van der Waals surface area contributed by atoms with Crippen LogP contribution in [0.25, 0.3) is 0 Å². The van der Waals surface area contributed by atoms with Gasteiger partial charge < -0.3 is 5.32 Å². The van der Waals surface area contributed by atoms with E-state index >= 15 is 0 Å². The molecule has 0 fully saturated rings. The van der Waals surface area contributed by atoms with Crippen molar-refractivity contribution >= 4 is 33.2 Å². The number of anilines is 1. The van der Waals surface area contributed by atoms with Crippen LogP contribution in [0.3, 0.4) is 0 Å². The van der Waals surface area contributed by atoms with E-state index in [1.54, 1.807) is 12.1 Å². The van der Waals surface area contributed by atoms with Crippen molar-refractivity contribution in [3.63, 3.8) is 0 Å². The summed E-state index contributed by atoms with van der Waals surface area (Å²) in [7, 11) is 0. The van der Waals surface area contributed by atoms with E-state index in [-0.39, 0.29) is 16.3 Å². The molecule has 16 heavy (non-hydrogen) atoms. The number of nitriles is 2. The standard InChI is InChI=1S/C10H4BrClFN3/c11-8-1-7(12)2-9(13)10(8)16-5-6(3-14)4-15/h1-2,5,16H. The molecule has 0 aliphatic carbocycles. The molecular weight excluding hydrogens is 296 g/mol. The molecule has 1 rings (SSSR count). The van der Waals surface area contributed by atoms with Gasteiger partial charge in [-0.2, -0.15) is 10.5 Å². The zero-order valence-corrected chi connectivity index (χ0v) is 10.1. The van der Waals surface area contributed by atoms with Crippen LogP contribution in [0.2, 0.25) is 5.02 Å². The molecule has 3 nitrogen and oxygen atoms in total. The summed E-state index contributed by atoms with van der Waals surface area (Å²) in [5.41, 5.74) is -0.0337. The highest BCUT2D eigenvalue weighted by atomic mass is 79.9. The Bertz CT molecular complexity index is 489. The molecule has 0 saturated carbocycles. The van der Waals surface area contributed by atoms with Gasteiger partial charge in [0.05, 0.1) is 5.69 Å². The quantitative estimate of drug-likeness (QED) is 0.849. The Hall–Kier alpha value is -1.56. The van der Waals surface area contributed by atoms with Gasteiger partial charge in [0.25, 0.3) is 0 Å². The van der Waals surface area contributed by atoms with Crippen LogP contribution in [0.5, 0.6) is 0 Å². The number of allylic oxidation sites excluding steroid dienone is 1. The van der Waals surface area contributed by atoms with Gasteiger partial charge >= 0.3 is 0 Å². The molecule has 0 amide bonds. The van der Waals surface area contributed by atoms with Crippen molar-refractivity contribution in [1.82, 2.24) is 0 Å². The fourth-order valence-corrected chi connectivity index (χ4v) is 1.80. The summed E-state index contributed by atoms with van der Waals surface area (Å²) >= 11 is 8.73. The van der Waals surface area contributed by atoms with E-state index in [1.807, 2.05) is 0 Å². The minimum absolute atomic E-state index is 0.118. The highest BCUT2D eigenvalue weighted by Crippen LogP contribution is 2.29. The zero-order chi connectivity index (χ0) is 12.1. The van der Waals surface area contributed by atoms with Gasteiger partial charge in [0.15, 0.2) is 0 Å². The molecule has 0 aliphatic heterocycles. The Labute approximate surface area is 105 Å². The van der Waals surface area contributed by atoms with Crippen molar-refractivity contribution in [2.45, 2.75) is 0 Å². The lowest BCUT2D eigenvalue weighted by Gasteiger charge is -2.05. The van der Waals surface area contributed by atoms with Crippen LogP contribution in [0.1, 0.15) is 0 Å². The van der Waals surface area contributed by atoms with E-state index in [2.05, 4.69) is 21.2 Å². The molecule has 0 unspecified atom stereocenters. The van der Waals surface area contributed by atoms with E-state index in [1.165, 1.54) is 6.07 Å². The fraction of sp³-hybridized carbons (Fsp3) is 0. The molecule has 0 bridgehead atoms. The minimum atomic E-state index is -0.578. The Kier molecular flexibility index (Phi) is 4.30. The highest BCUT2D eigenvalue weighted by Gasteiger charge is 2.07. The van der Waals surface area contributed by atoms with Crippen molar-refractivity contribution in [1.29, 1.82) is 10.5 Å². The van der Waals surface area contributed by atoms with Gasteiger partial charge in [0, 0.05) is 15.7 Å². The fourth-order valence-electron chi connectivity index (χ4n) is 0.914. The molecule has 1 aromatic carbocycles. The first-order chi connectivity index (χ1) is 7.58. The van der Waals surface area contributed by atoms with Crippen molar-refractivity contribution in [2.24, 2.45) is 0 Å². The monoisotopic (exact) mass is 299 g/mol. The minimum Gasteiger partial charge on any atom is -0.357 e. The maximum atomic E-state index is 13.4. The lowest BCUT2D eigenvalue weighted by atomic mass is 10.3. The van der Waals surface area contributed by atoms with Gasteiger partial charge in [-0.05, 0) is 28.1 Å². The highest BCUT2D eigenvalue weighted by molar-refractivity contribution is 9.10. The average Bonchev–Trinajstić information content (AvgIpc) is 2.22. The Morgan fingerprint density at radius 2 is 2.06 bits per heavy atom. The first-order valence-electron chi connectivity index (χ1n) is 4.00. The summed E-state index contributed by atoms with van der Waals surface area (Å²) in [6, 6.07) is 5.92. The topological polar surface area (TPSA) is 59.6 Å². The van der Waals surface area contributed by atoms with Gasteiger partial charge in [0.2, 0.25) is 0 Å². The molecular formula is C10H4BrClFN3. The van der Waals surface area contributed by atoms with E-state index in [9.17, 15) is 4.39 Å². The molecule has 0 aromatic heterocycles. The summed E-state index contributed by atoms with van der Waals surface area (Å²) < 4.78 is 13.8. The summed E-state index contributed by atoms with van der Waals surface area (Å²) in [6.45, 7) is 0. The predicted octanol–water partition coefficient (Wildman–Crippen LogP) is 3.58. The average molecular weight is 301 g/mol. The lowest BCUT2D eigenvalue weighted by Crippen LogP contribution is -1.94. The molecule has 0 atom stereocenters. The lowest BCUT2D eigenvalue weighted by molar-refractivity contribution is 0.631. The van der Waals surface area contributed by atoms with Crippen molar-refractivity contribution in [3.8, 4) is 12.1 Å². The van der Waals surface area contributed by atoms with Crippen molar-refractivity contribution < 1.29 is 4.39 Å². The maximum Gasteiger partial charge on any atom is 0.149 e. The molecule has 0 heterocycles. The third kappa shape index (κ3) is 2.96. The number of nitrogens with zero attached hydrogens (tertiary/aromatic N) is 2. The molecule has 0 radical (unpaired) electrons. The Balaban J connectivity index is 3.05. The van der Waals surface area contributed by atoms with Crippen LogP contribution in [0, 0.1) is 28.5 Å². The summed E-state index contributed by atoms with van der Waals surface area (Å²) in [5.74, 6) is -0.578. The van der Waals surface area contributed by atoms with E-state index < -0.39 is 5.82 Å². The van der Waals surface area contributed by atoms with Crippen LogP contribution in [0.15, 0.2) is 28.4 Å². The van der Waals surface area contributed by atoms with Gasteiger partial charge in [-0.25, -0.2) is 4.39 Å². The second kappa shape index (κ2) is 5.50. The number of benzene rings is 1. The van der Waals surface area contributed by atoms with E-state index in [0.29, 0.717) is 4.47 Å². The van der Waals surface area contributed by atoms with Crippen molar-refractivity contribution in [3.05, 3.63) is 39.2 Å². The van der Waals surface area contributed by atoms with Crippen LogP contribution >= 0.6 is 27.5 Å². The molecule has 6 heteroatoms. The number of hydrogen-bond donors (Lipinski definition) is 1. The Morgan fingerprint density at radius 1 is 1.44 bits per heavy atom. The maximum absolute atomic E-state index is 13.4. The first kappa shape index (κ1) is 12.5. The normalized spacial score (nSPS) is 8.81. The summed E-state index contributed by atoms with van der Waals surface area (Å²) in [6.07, 6.45) is 1.12. The van der Waals surface area contributed by atoms with Crippen molar-refractivity contribution in [2.75, 3.05) is 5.32 Å². The van der Waals surface area contributed by atoms with Crippen LogP contribution in [-0.4, -0.2) is 0 Å². The number of halogens is 3. The van der Waals surface area contributed by atoms with Crippen LogP contribution in [-0.2, 0) is 0 Å². The van der Waals surface area contributed by atoms with Gasteiger partial charge in [0.1, 0.15) is 23.5 Å². The first-order valence-corrected chi connectivity index (χ1v) is 5.17. The molecule has 0 aliphatic rings. The van der Waals surface area contributed by atoms with Gasteiger partial charge in [-0.1, -0.05) is 11.6 Å². The number of hydrogen-bond acceptors (Lipinski definition) is 3. The third-order valence-electron chi connectivity index (χ3n) is 1.61. The molecule has 1 N–H and O–H groups in total. The Morgan fingerprint density at radius 3 is 2.56 bits per heavy atom. The van der Waals surface area contributed by atoms with E-state index in [0.717, 1.165) is 12.3 Å². The predicted molar refractivity (Wildman–Crippen MR) is 62.0 cm³/mol. The number of rotatable bonds is 2. The summed E-state index contributed by atoms with van der Waals surface area (Å²) in [4.78, 5) is 0. The number of nitrogens with one attached hydrogen (secondary N) is 1. The summed E-state index contributed by atoms with van der Waals surface area (Å²) in [5, 5.41) is 19.7. The smallest absolute Gasteiger partial charge is 0.149 e. The third-order valence-corrected chi connectivity index (χ3v) is 2.45.